The number of hydrogen-bond donors (Lipinski definition) is 1. The molecule has 0 aliphatic carbocycles. The summed E-state index contributed by atoms with van der Waals surface area (Å²) < 4.78 is 13.0. The third-order valence-electron chi connectivity index (χ3n) is 4.24. The van der Waals surface area contributed by atoms with E-state index in [4.69, 9.17) is 0 Å². The van der Waals surface area contributed by atoms with Crippen LogP contribution in [0.2, 0.25) is 0 Å². The second-order valence-electron chi connectivity index (χ2n) is 6.26. The summed E-state index contributed by atoms with van der Waals surface area (Å²) in [6.45, 7) is 2.79. The van der Waals surface area contributed by atoms with Gasteiger partial charge in [0.1, 0.15) is 5.82 Å². The SMILES string of the molecule is CC1CC(C(=O)O)CN(C(=O)c2ccc(-c3ccc(F)cc3)s2)C1. The van der Waals surface area contributed by atoms with Crippen molar-refractivity contribution >= 4 is 23.2 Å². The first-order valence-corrected chi connectivity index (χ1v) is 8.63. The van der Waals surface area contributed by atoms with Crippen LogP contribution >= 0.6 is 11.3 Å². The van der Waals surface area contributed by atoms with E-state index in [9.17, 15) is 19.1 Å². The number of likely N-dealkylation sites (tertiary alicyclic amines) is 1. The van der Waals surface area contributed by atoms with Gasteiger partial charge in [-0.15, -0.1) is 11.3 Å². The zero-order valence-electron chi connectivity index (χ0n) is 13.2. The number of halogens is 1. The Morgan fingerprint density at radius 1 is 1.17 bits per heavy atom. The van der Waals surface area contributed by atoms with Gasteiger partial charge in [-0.3, -0.25) is 9.59 Å². The van der Waals surface area contributed by atoms with E-state index in [1.54, 1.807) is 23.1 Å². The number of carbonyl (C=O) groups is 2. The van der Waals surface area contributed by atoms with Gasteiger partial charge in [0.05, 0.1) is 10.8 Å². The van der Waals surface area contributed by atoms with Crippen molar-refractivity contribution < 1.29 is 19.1 Å². The normalized spacial score (nSPS) is 20.8. The van der Waals surface area contributed by atoms with Gasteiger partial charge in [0, 0.05) is 18.0 Å². The zero-order chi connectivity index (χ0) is 17.3. The lowest BCUT2D eigenvalue weighted by molar-refractivity contribution is -0.143. The average Bonchev–Trinajstić information content (AvgIpc) is 3.04. The molecule has 0 bridgehead atoms. The fraction of sp³-hybridized carbons (Fsp3) is 0.333. The Morgan fingerprint density at radius 3 is 2.54 bits per heavy atom. The quantitative estimate of drug-likeness (QED) is 0.920. The first kappa shape index (κ1) is 16.6. The highest BCUT2D eigenvalue weighted by Crippen LogP contribution is 2.30. The van der Waals surface area contributed by atoms with Crippen molar-refractivity contribution in [3.63, 3.8) is 0 Å². The lowest BCUT2D eigenvalue weighted by Crippen LogP contribution is -2.45. The Labute approximate surface area is 143 Å². The number of amides is 1. The molecule has 0 radical (unpaired) electrons. The number of nitrogens with zero attached hydrogens (tertiary/aromatic N) is 1. The Kier molecular flexibility index (Phi) is 4.66. The van der Waals surface area contributed by atoms with E-state index in [-0.39, 0.29) is 24.2 Å². The van der Waals surface area contributed by atoms with E-state index < -0.39 is 11.9 Å². The number of carboxylic acid groups (broad SMARTS) is 1. The van der Waals surface area contributed by atoms with Crippen molar-refractivity contribution in [2.45, 2.75) is 13.3 Å². The minimum absolute atomic E-state index is 0.133. The summed E-state index contributed by atoms with van der Waals surface area (Å²) in [5, 5.41) is 9.24. The van der Waals surface area contributed by atoms with Crippen molar-refractivity contribution in [3.8, 4) is 10.4 Å². The third-order valence-corrected chi connectivity index (χ3v) is 5.36. The van der Waals surface area contributed by atoms with Crippen molar-refractivity contribution in [2.24, 2.45) is 11.8 Å². The highest BCUT2D eigenvalue weighted by Gasteiger charge is 2.32. The van der Waals surface area contributed by atoms with Gasteiger partial charge in [0.2, 0.25) is 0 Å². The zero-order valence-corrected chi connectivity index (χ0v) is 14.1. The maximum absolute atomic E-state index is 13.0. The predicted molar refractivity (Wildman–Crippen MR) is 90.5 cm³/mol. The molecule has 3 rings (SSSR count). The van der Waals surface area contributed by atoms with E-state index in [1.165, 1.54) is 23.5 Å². The Hall–Kier alpha value is -2.21. The molecule has 2 heterocycles. The summed E-state index contributed by atoms with van der Waals surface area (Å²) >= 11 is 1.34. The average molecular weight is 347 g/mol. The van der Waals surface area contributed by atoms with Gasteiger partial charge in [0.25, 0.3) is 5.91 Å². The second kappa shape index (κ2) is 6.73. The lowest BCUT2D eigenvalue weighted by atomic mass is 9.90. The fourth-order valence-electron chi connectivity index (χ4n) is 3.07. The van der Waals surface area contributed by atoms with Crippen molar-refractivity contribution in [2.75, 3.05) is 13.1 Å². The van der Waals surface area contributed by atoms with E-state index in [0.717, 1.165) is 10.4 Å². The minimum Gasteiger partial charge on any atom is -0.481 e. The maximum Gasteiger partial charge on any atom is 0.308 e. The van der Waals surface area contributed by atoms with Crippen LogP contribution in [0.4, 0.5) is 4.39 Å². The minimum atomic E-state index is -0.850. The largest absolute Gasteiger partial charge is 0.481 e. The first-order chi connectivity index (χ1) is 11.4. The number of thiophene rings is 1. The maximum atomic E-state index is 13.0. The molecule has 1 aliphatic heterocycles. The number of piperidine rings is 1. The third kappa shape index (κ3) is 3.48. The molecule has 6 heteroatoms. The Balaban J connectivity index is 1.78. The van der Waals surface area contributed by atoms with Gasteiger partial charge in [-0.1, -0.05) is 19.1 Å². The Morgan fingerprint density at radius 2 is 1.88 bits per heavy atom. The van der Waals surface area contributed by atoms with Gasteiger partial charge < -0.3 is 10.0 Å². The van der Waals surface area contributed by atoms with Gasteiger partial charge in [0.15, 0.2) is 0 Å². The number of hydrogen-bond acceptors (Lipinski definition) is 3. The molecule has 0 saturated carbocycles. The fourth-order valence-corrected chi connectivity index (χ4v) is 4.05. The number of carboxylic acids is 1. The monoisotopic (exact) mass is 347 g/mol. The molecule has 2 atom stereocenters. The van der Waals surface area contributed by atoms with Crippen molar-refractivity contribution in [3.05, 3.63) is 47.1 Å². The molecule has 1 amide bonds. The molecular weight excluding hydrogens is 329 g/mol. The molecule has 1 saturated heterocycles. The number of benzene rings is 1. The van der Waals surface area contributed by atoms with Crippen LogP contribution in [0.1, 0.15) is 23.0 Å². The molecule has 4 nitrogen and oxygen atoms in total. The summed E-state index contributed by atoms with van der Waals surface area (Å²) in [7, 11) is 0. The number of aliphatic carboxylic acids is 1. The molecule has 2 aromatic rings. The molecule has 2 unspecified atom stereocenters. The van der Waals surface area contributed by atoms with Gasteiger partial charge in [-0.2, -0.15) is 0 Å². The highest BCUT2D eigenvalue weighted by atomic mass is 32.1. The van der Waals surface area contributed by atoms with Crippen molar-refractivity contribution in [1.82, 2.24) is 4.90 Å². The summed E-state index contributed by atoms with van der Waals surface area (Å²) in [6, 6.07) is 9.73. The summed E-state index contributed by atoms with van der Waals surface area (Å²) in [5.74, 6) is -1.62. The molecule has 1 aromatic carbocycles. The van der Waals surface area contributed by atoms with E-state index in [1.807, 2.05) is 13.0 Å². The molecule has 24 heavy (non-hydrogen) atoms. The van der Waals surface area contributed by atoms with Crippen molar-refractivity contribution in [1.29, 1.82) is 0 Å². The summed E-state index contributed by atoms with van der Waals surface area (Å²) in [6.07, 6.45) is 0.602. The smallest absolute Gasteiger partial charge is 0.308 e. The Bertz CT molecular complexity index is 756. The second-order valence-corrected chi connectivity index (χ2v) is 7.34. The molecule has 126 valence electrons. The van der Waals surface area contributed by atoms with E-state index in [0.29, 0.717) is 17.8 Å². The summed E-state index contributed by atoms with van der Waals surface area (Å²) in [5.41, 5.74) is 0.857. The van der Waals surface area contributed by atoms with Crippen LogP contribution in [0.5, 0.6) is 0 Å². The lowest BCUT2D eigenvalue weighted by Gasteiger charge is -2.34. The van der Waals surface area contributed by atoms with Crippen LogP contribution in [-0.4, -0.2) is 35.0 Å². The first-order valence-electron chi connectivity index (χ1n) is 7.82. The van der Waals surface area contributed by atoms with Crippen LogP contribution < -0.4 is 0 Å². The number of rotatable bonds is 3. The van der Waals surface area contributed by atoms with Crippen LogP contribution in [-0.2, 0) is 4.79 Å². The number of carbonyl (C=O) groups excluding carboxylic acids is 1. The molecule has 0 spiro atoms. The molecule has 1 aliphatic rings. The summed E-state index contributed by atoms with van der Waals surface area (Å²) in [4.78, 5) is 27.0. The van der Waals surface area contributed by atoms with Gasteiger partial charge in [-0.05, 0) is 42.2 Å². The van der Waals surface area contributed by atoms with Crippen LogP contribution in [0.15, 0.2) is 36.4 Å². The van der Waals surface area contributed by atoms with Gasteiger partial charge in [-0.25, -0.2) is 4.39 Å². The highest BCUT2D eigenvalue weighted by molar-refractivity contribution is 7.17. The van der Waals surface area contributed by atoms with Gasteiger partial charge >= 0.3 is 5.97 Å². The standard InChI is InChI=1S/C18H18FNO3S/c1-11-8-13(18(22)23)10-20(9-11)17(21)16-7-6-15(24-16)12-2-4-14(19)5-3-12/h2-7,11,13H,8-10H2,1H3,(H,22,23). The van der Waals surface area contributed by atoms with Crippen LogP contribution in [0.3, 0.4) is 0 Å². The topological polar surface area (TPSA) is 57.6 Å². The van der Waals surface area contributed by atoms with E-state index >= 15 is 0 Å². The molecular formula is C18H18FNO3S. The van der Waals surface area contributed by atoms with Crippen LogP contribution in [0.25, 0.3) is 10.4 Å². The van der Waals surface area contributed by atoms with Crippen LogP contribution in [0, 0.1) is 17.7 Å². The molecule has 1 fully saturated rings. The molecule has 1 N–H and O–H groups in total. The molecule has 1 aromatic heterocycles. The van der Waals surface area contributed by atoms with E-state index in [2.05, 4.69) is 0 Å². The predicted octanol–water partition coefficient (Wildman–Crippen LogP) is 3.74.